The van der Waals surface area contributed by atoms with Crippen LogP contribution in [0.1, 0.15) is 59.8 Å². The van der Waals surface area contributed by atoms with Gasteiger partial charge in [-0.3, -0.25) is 0 Å². The largest absolute Gasteiger partial charge is 0.317 e. The lowest BCUT2D eigenvalue weighted by molar-refractivity contribution is 0.484. The van der Waals surface area contributed by atoms with E-state index in [4.69, 9.17) is 0 Å². The van der Waals surface area contributed by atoms with Crippen molar-refractivity contribution < 1.29 is 8.42 Å². The third-order valence-electron chi connectivity index (χ3n) is 3.00. The normalized spacial score (nSPS) is 13.9. The molecule has 1 atom stereocenters. The monoisotopic (exact) mass is 292 g/mol. The molecule has 0 aromatic carbocycles. The van der Waals surface area contributed by atoms with Gasteiger partial charge in [0.2, 0.25) is 10.0 Å². The SMILES string of the molecule is CCCNCCCCS(=O)(=O)NC(C)CCC(C)C. The zero-order chi connectivity index (χ0) is 14.7. The summed E-state index contributed by atoms with van der Waals surface area (Å²) in [4.78, 5) is 0. The molecule has 0 bridgehead atoms. The Morgan fingerprint density at radius 3 is 2.26 bits per heavy atom. The third-order valence-corrected chi connectivity index (χ3v) is 4.59. The van der Waals surface area contributed by atoms with E-state index in [0.29, 0.717) is 5.92 Å². The molecule has 0 aromatic heterocycles. The molecule has 0 radical (unpaired) electrons. The molecule has 0 aromatic rings. The Labute approximate surface area is 119 Å². The minimum Gasteiger partial charge on any atom is -0.317 e. The van der Waals surface area contributed by atoms with Gasteiger partial charge in [-0.1, -0.05) is 20.8 Å². The molecule has 5 heteroatoms. The number of nitrogens with one attached hydrogen (secondary N) is 2. The summed E-state index contributed by atoms with van der Waals surface area (Å²) < 4.78 is 26.5. The molecular formula is C14H32N2O2S. The van der Waals surface area contributed by atoms with Gasteiger partial charge in [0.1, 0.15) is 0 Å². The summed E-state index contributed by atoms with van der Waals surface area (Å²) in [5.74, 6) is 0.865. The summed E-state index contributed by atoms with van der Waals surface area (Å²) in [6, 6.07) is 0.0469. The van der Waals surface area contributed by atoms with Crippen LogP contribution in [-0.2, 0) is 10.0 Å². The first-order chi connectivity index (χ1) is 8.87. The lowest BCUT2D eigenvalue weighted by atomic mass is 10.1. The Kier molecular flexibility index (Phi) is 10.6. The van der Waals surface area contributed by atoms with Gasteiger partial charge in [0.05, 0.1) is 5.75 Å². The number of unbranched alkanes of at least 4 members (excludes halogenated alkanes) is 1. The smallest absolute Gasteiger partial charge is 0.211 e. The van der Waals surface area contributed by atoms with E-state index in [1.54, 1.807) is 0 Å². The first-order valence-electron chi connectivity index (χ1n) is 7.58. The van der Waals surface area contributed by atoms with Gasteiger partial charge in [-0.15, -0.1) is 0 Å². The van der Waals surface area contributed by atoms with Crippen LogP contribution in [0.3, 0.4) is 0 Å². The maximum atomic E-state index is 11.8. The van der Waals surface area contributed by atoms with Gasteiger partial charge < -0.3 is 5.32 Å². The molecule has 0 aliphatic heterocycles. The second-order valence-electron chi connectivity index (χ2n) is 5.77. The van der Waals surface area contributed by atoms with Crippen molar-refractivity contribution in [2.45, 2.75) is 65.8 Å². The molecule has 0 rings (SSSR count). The first-order valence-corrected chi connectivity index (χ1v) is 9.23. The highest BCUT2D eigenvalue weighted by Crippen LogP contribution is 2.07. The van der Waals surface area contributed by atoms with Crippen molar-refractivity contribution in [2.24, 2.45) is 5.92 Å². The van der Waals surface area contributed by atoms with E-state index < -0.39 is 10.0 Å². The molecule has 0 aliphatic carbocycles. The van der Waals surface area contributed by atoms with Crippen molar-refractivity contribution in [1.29, 1.82) is 0 Å². The fourth-order valence-electron chi connectivity index (χ4n) is 1.85. The van der Waals surface area contributed by atoms with Gasteiger partial charge in [-0.2, -0.15) is 0 Å². The third kappa shape index (κ3) is 12.6. The van der Waals surface area contributed by atoms with Crippen LogP contribution in [0.5, 0.6) is 0 Å². The van der Waals surface area contributed by atoms with Crippen LogP contribution in [-0.4, -0.2) is 33.3 Å². The zero-order valence-corrected chi connectivity index (χ0v) is 13.9. The van der Waals surface area contributed by atoms with Crippen molar-refractivity contribution in [3.05, 3.63) is 0 Å². The summed E-state index contributed by atoms with van der Waals surface area (Å²) in [6.45, 7) is 10.3. The summed E-state index contributed by atoms with van der Waals surface area (Å²) in [5.41, 5.74) is 0. The minimum atomic E-state index is -3.10. The molecule has 1 unspecified atom stereocenters. The van der Waals surface area contributed by atoms with Crippen molar-refractivity contribution in [3.8, 4) is 0 Å². The molecule has 0 spiro atoms. The maximum Gasteiger partial charge on any atom is 0.211 e. The molecule has 19 heavy (non-hydrogen) atoms. The highest BCUT2D eigenvalue weighted by atomic mass is 32.2. The second kappa shape index (κ2) is 10.6. The van der Waals surface area contributed by atoms with Crippen LogP contribution in [0.25, 0.3) is 0 Å². The predicted molar refractivity (Wildman–Crippen MR) is 82.9 cm³/mol. The summed E-state index contributed by atoms with van der Waals surface area (Å²) in [6.07, 6.45) is 4.73. The van der Waals surface area contributed by atoms with E-state index in [1.807, 2.05) is 6.92 Å². The van der Waals surface area contributed by atoms with Crippen molar-refractivity contribution in [1.82, 2.24) is 10.0 Å². The number of rotatable bonds is 12. The van der Waals surface area contributed by atoms with E-state index in [9.17, 15) is 8.42 Å². The fourth-order valence-corrected chi connectivity index (χ4v) is 3.28. The average Bonchev–Trinajstić information content (AvgIpc) is 2.30. The summed E-state index contributed by atoms with van der Waals surface area (Å²) in [7, 11) is -3.10. The number of hydrogen-bond donors (Lipinski definition) is 2. The van der Waals surface area contributed by atoms with Gasteiger partial charge in [-0.25, -0.2) is 13.1 Å². The molecule has 0 fully saturated rings. The Morgan fingerprint density at radius 1 is 1.00 bits per heavy atom. The second-order valence-corrected chi connectivity index (χ2v) is 7.64. The van der Waals surface area contributed by atoms with Gasteiger partial charge in [0.25, 0.3) is 0 Å². The van der Waals surface area contributed by atoms with E-state index in [-0.39, 0.29) is 11.8 Å². The van der Waals surface area contributed by atoms with Gasteiger partial charge in [0.15, 0.2) is 0 Å². The molecule has 0 aliphatic rings. The molecule has 2 N–H and O–H groups in total. The molecule has 0 saturated heterocycles. The van der Waals surface area contributed by atoms with Gasteiger partial charge in [-0.05, 0) is 58.0 Å². The average molecular weight is 292 g/mol. The van der Waals surface area contributed by atoms with Crippen molar-refractivity contribution in [2.75, 3.05) is 18.8 Å². The molecule has 0 saturated carbocycles. The minimum absolute atomic E-state index is 0.0469. The Balaban J connectivity index is 3.73. The fraction of sp³-hybridized carbons (Fsp3) is 1.00. The molecule has 0 heterocycles. The Bertz CT molecular complexity index is 303. The lowest BCUT2D eigenvalue weighted by Gasteiger charge is -2.15. The molecule has 0 amide bonds. The number of hydrogen-bond acceptors (Lipinski definition) is 3. The van der Waals surface area contributed by atoms with Crippen LogP contribution in [0, 0.1) is 5.92 Å². The van der Waals surface area contributed by atoms with E-state index in [0.717, 1.165) is 45.2 Å². The van der Waals surface area contributed by atoms with E-state index >= 15 is 0 Å². The lowest BCUT2D eigenvalue weighted by Crippen LogP contribution is -2.34. The van der Waals surface area contributed by atoms with E-state index in [2.05, 4.69) is 30.8 Å². The van der Waals surface area contributed by atoms with Crippen LogP contribution in [0.15, 0.2) is 0 Å². The summed E-state index contributed by atoms with van der Waals surface area (Å²) >= 11 is 0. The highest BCUT2D eigenvalue weighted by Gasteiger charge is 2.14. The van der Waals surface area contributed by atoms with Gasteiger partial charge >= 0.3 is 0 Å². The standard InChI is InChI=1S/C14H32N2O2S/c1-5-10-15-11-6-7-12-19(17,18)16-14(4)9-8-13(2)3/h13-16H,5-12H2,1-4H3. The van der Waals surface area contributed by atoms with Crippen LogP contribution < -0.4 is 10.0 Å². The van der Waals surface area contributed by atoms with Crippen LogP contribution in [0.4, 0.5) is 0 Å². The Hall–Kier alpha value is -0.130. The Morgan fingerprint density at radius 2 is 1.68 bits per heavy atom. The van der Waals surface area contributed by atoms with Gasteiger partial charge in [0, 0.05) is 6.04 Å². The van der Waals surface area contributed by atoms with Crippen LogP contribution >= 0.6 is 0 Å². The maximum absolute atomic E-state index is 11.8. The predicted octanol–water partition coefficient (Wildman–Crippen LogP) is 2.51. The number of sulfonamides is 1. The first kappa shape index (κ1) is 18.9. The molecule has 4 nitrogen and oxygen atoms in total. The topological polar surface area (TPSA) is 58.2 Å². The molecule has 116 valence electrons. The highest BCUT2D eigenvalue weighted by molar-refractivity contribution is 7.89. The van der Waals surface area contributed by atoms with Crippen molar-refractivity contribution >= 4 is 10.0 Å². The van der Waals surface area contributed by atoms with E-state index in [1.165, 1.54) is 0 Å². The van der Waals surface area contributed by atoms with Crippen molar-refractivity contribution in [3.63, 3.8) is 0 Å². The molecular weight excluding hydrogens is 260 g/mol. The summed E-state index contributed by atoms with van der Waals surface area (Å²) in [5, 5.41) is 3.28. The zero-order valence-electron chi connectivity index (χ0n) is 13.0. The quantitative estimate of drug-likeness (QED) is 0.543. The van der Waals surface area contributed by atoms with Crippen LogP contribution in [0.2, 0.25) is 0 Å².